The lowest BCUT2D eigenvalue weighted by Gasteiger charge is -2.43. The van der Waals surface area contributed by atoms with Gasteiger partial charge in [-0.2, -0.15) is 0 Å². The average Bonchev–Trinajstić information content (AvgIpc) is 2.75. The van der Waals surface area contributed by atoms with E-state index in [9.17, 15) is 9.59 Å². The normalized spacial score (nSPS) is 14.4. The summed E-state index contributed by atoms with van der Waals surface area (Å²) in [5, 5.41) is 0. The molecule has 0 spiro atoms. The molecule has 1 heterocycles. The SMILES string of the molecule is C=C(C)C(=O)OCC1(CN(C)c2ccc(-c3ccc(OC(=O)C(C)C)cc3)cc2)COC1. The van der Waals surface area contributed by atoms with Crippen molar-refractivity contribution >= 4 is 17.6 Å². The highest BCUT2D eigenvalue weighted by atomic mass is 16.5. The predicted octanol–water partition coefficient (Wildman–Crippen LogP) is 4.49. The molecule has 1 saturated heterocycles. The number of esters is 2. The molecule has 0 N–H and O–H groups in total. The highest BCUT2D eigenvalue weighted by molar-refractivity contribution is 5.86. The standard InChI is InChI=1S/C26H31NO5/c1-18(2)24(28)31-17-26(15-30-16-26)14-27(5)22-10-6-20(7-11-22)21-8-12-23(13-9-21)32-25(29)19(3)4/h6-13,19H,1,14-17H2,2-5H3. The Kier molecular flexibility index (Phi) is 7.36. The number of hydrogen-bond acceptors (Lipinski definition) is 6. The Hall–Kier alpha value is -3.12. The van der Waals surface area contributed by atoms with E-state index in [4.69, 9.17) is 14.2 Å². The summed E-state index contributed by atoms with van der Waals surface area (Å²) in [6.45, 7) is 11.0. The van der Waals surface area contributed by atoms with Crippen molar-refractivity contribution in [1.29, 1.82) is 0 Å². The first-order valence-electron chi connectivity index (χ1n) is 10.7. The van der Waals surface area contributed by atoms with Crippen LogP contribution in [-0.4, -0.2) is 45.4 Å². The highest BCUT2D eigenvalue weighted by Crippen LogP contribution is 2.32. The van der Waals surface area contributed by atoms with Crippen LogP contribution in [0.1, 0.15) is 20.8 Å². The van der Waals surface area contributed by atoms with Crippen LogP contribution in [0.25, 0.3) is 11.1 Å². The lowest BCUT2D eigenvalue weighted by atomic mass is 9.86. The van der Waals surface area contributed by atoms with Crippen LogP contribution in [0.2, 0.25) is 0 Å². The van der Waals surface area contributed by atoms with E-state index in [0.717, 1.165) is 16.8 Å². The van der Waals surface area contributed by atoms with Crippen LogP contribution in [0.4, 0.5) is 5.69 Å². The van der Waals surface area contributed by atoms with E-state index < -0.39 is 0 Å². The molecule has 1 aliphatic rings. The summed E-state index contributed by atoms with van der Waals surface area (Å²) in [6.07, 6.45) is 0. The van der Waals surface area contributed by atoms with Crippen molar-refractivity contribution in [3.8, 4) is 16.9 Å². The van der Waals surface area contributed by atoms with Crippen molar-refractivity contribution in [2.24, 2.45) is 11.3 Å². The maximum Gasteiger partial charge on any atom is 0.333 e. The summed E-state index contributed by atoms with van der Waals surface area (Å²) in [5.74, 6) is -0.227. The fourth-order valence-corrected chi connectivity index (χ4v) is 3.41. The Morgan fingerprint density at radius 3 is 2.09 bits per heavy atom. The zero-order chi connectivity index (χ0) is 23.3. The van der Waals surface area contributed by atoms with Gasteiger partial charge in [-0.05, 0) is 42.3 Å². The van der Waals surface area contributed by atoms with Gasteiger partial charge in [0.25, 0.3) is 0 Å². The first kappa shape index (κ1) is 23.5. The summed E-state index contributed by atoms with van der Waals surface area (Å²) in [6, 6.07) is 15.8. The molecule has 1 fully saturated rings. The topological polar surface area (TPSA) is 65.1 Å². The summed E-state index contributed by atoms with van der Waals surface area (Å²) in [7, 11) is 2.02. The van der Waals surface area contributed by atoms with Crippen molar-refractivity contribution in [3.63, 3.8) is 0 Å². The Morgan fingerprint density at radius 1 is 1.06 bits per heavy atom. The van der Waals surface area contributed by atoms with Gasteiger partial charge in [0.1, 0.15) is 12.4 Å². The van der Waals surface area contributed by atoms with Crippen LogP contribution in [-0.2, 0) is 19.1 Å². The minimum atomic E-state index is -0.367. The number of benzene rings is 2. The second-order valence-electron chi connectivity index (χ2n) is 8.85. The first-order valence-corrected chi connectivity index (χ1v) is 10.7. The second-order valence-corrected chi connectivity index (χ2v) is 8.85. The molecule has 0 amide bonds. The van der Waals surface area contributed by atoms with Crippen LogP contribution < -0.4 is 9.64 Å². The molecule has 0 saturated carbocycles. The Labute approximate surface area is 189 Å². The number of ether oxygens (including phenoxy) is 3. The molecule has 32 heavy (non-hydrogen) atoms. The Balaban J connectivity index is 1.61. The van der Waals surface area contributed by atoms with Crippen molar-refractivity contribution < 1.29 is 23.8 Å². The van der Waals surface area contributed by atoms with Crippen LogP contribution >= 0.6 is 0 Å². The first-order chi connectivity index (χ1) is 15.2. The molecule has 0 bridgehead atoms. The van der Waals surface area contributed by atoms with Gasteiger partial charge in [-0.25, -0.2) is 4.79 Å². The fraction of sp³-hybridized carbons (Fsp3) is 0.385. The van der Waals surface area contributed by atoms with Gasteiger partial charge in [-0.3, -0.25) is 4.79 Å². The average molecular weight is 438 g/mol. The van der Waals surface area contributed by atoms with E-state index in [0.29, 0.717) is 37.7 Å². The van der Waals surface area contributed by atoms with Crippen LogP contribution in [0.15, 0.2) is 60.7 Å². The number of hydrogen-bond donors (Lipinski definition) is 0. The molecule has 0 radical (unpaired) electrons. The van der Waals surface area contributed by atoms with E-state index in [2.05, 4.69) is 35.7 Å². The third-order valence-electron chi connectivity index (χ3n) is 5.43. The molecule has 2 aromatic carbocycles. The van der Waals surface area contributed by atoms with Gasteiger partial charge in [0.2, 0.25) is 0 Å². The summed E-state index contributed by atoms with van der Waals surface area (Å²) >= 11 is 0. The van der Waals surface area contributed by atoms with E-state index in [1.807, 2.05) is 45.2 Å². The third kappa shape index (κ3) is 5.77. The summed E-state index contributed by atoms with van der Waals surface area (Å²) < 4.78 is 16.1. The van der Waals surface area contributed by atoms with E-state index in [1.54, 1.807) is 6.92 Å². The van der Waals surface area contributed by atoms with Gasteiger partial charge in [0, 0.05) is 24.9 Å². The lowest BCUT2D eigenvalue weighted by Crippen LogP contribution is -2.53. The molecule has 3 rings (SSSR count). The molecule has 0 aliphatic carbocycles. The summed E-state index contributed by atoms with van der Waals surface area (Å²) in [5.41, 5.74) is 3.37. The predicted molar refractivity (Wildman–Crippen MR) is 125 cm³/mol. The molecular weight excluding hydrogens is 406 g/mol. The Bertz CT molecular complexity index is 959. The monoisotopic (exact) mass is 437 g/mol. The molecule has 6 nitrogen and oxygen atoms in total. The quantitative estimate of drug-likeness (QED) is 0.327. The third-order valence-corrected chi connectivity index (χ3v) is 5.43. The van der Waals surface area contributed by atoms with Crippen molar-refractivity contribution in [3.05, 3.63) is 60.7 Å². The molecule has 1 aliphatic heterocycles. The maximum atomic E-state index is 11.8. The van der Waals surface area contributed by atoms with Gasteiger partial charge >= 0.3 is 11.9 Å². The number of carbonyl (C=O) groups is 2. The van der Waals surface area contributed by atoms with Gasteiger partial charge in [-0.15, -0.1) is 0 Å². The van der Waals surface area contributed by atoms with Gasteiger partial charge < -0.3 is 19.1 Å². The smallest absolute Gasteiger partial charge is 0.333 e. The zero-order valence-corrected chi connectivity index (χ0v) is 19.2. The van der Waals surface area contributed by atoms with Crippen molar-refractivity contribution in [1.82, 2.24) is 0 Å². The second kappa shape index (κ2) is 10.0. The maximum absolute atomic E-state index is 11.8. The molecule has 170 valence electrons. The van der Waals surface area contributed by atoms with Crippen molar-refractivity contribution in [2.45, 2.75) is 20.8 Å². The number of anilines is 1. The van der Waals surface area contributed by atoms with Gasteiger partial charge in [0.15, 0.2) is 0 Å². The molecule has 0 aromatic heterocycles. The Morgan fingerprint density at radius 2 is 1.62 bits per heavy atom. The van der Waals surface area contributed by atoms with Gasteiger partial charge in [-0.1, -0.05) is 44.7 Å². The largest absolute Gasteiger partial charge is 0.462 e. The number of nitrogens with zero attached hydrogens (tertiary/aromatic N) is 1. The van der Waals surface area contributed by atoms with Crippen LogP contribution in [0.3, 0.4) is 0 Å². The summed E-state index contributed by atoms with van der Waals surface area (Å²) in [4.78, 5) is 25.6. The molecule has 0 unspecified atom stereocenters. The molecule has 6 heteroatoms. The highest BCUT2D eigenvalue weighted by Gasteiger charge is 2.41. The van der Waals surface area contributed by atoms with E-state index >= 15 is 0 Å². The van der Waals surface area contributed by atoms with Crippen molar-refractivity contribution in [2.75, 3.05) is 38.3 Å². The van der Waals surface area contributed by atoms with E-state index in [1.165, 1.54) is 0 Å². The lowest BCUT2D eigenvalue weighted by molar-refractivity contribution is -0.163. The molecular formula is C26H31NO5. The van der Waals surface area contributed by atoms with Crippen LogP contribution in [0.5, 0.6) is 5.75 Å². The fourth-order valence-electron chi connectivity index (χ4n) is 3.41. The van der Waals surface area contributed by atoms with Gasteiger partial charge in [0.05, 0.1) is 24.5 Å². The minimum Gasteiger partial charge on any atom is -0.462 e. The molecule has 2 aromatic rings. The van der Waals surface area contributed by atoms with Crippen LogP contribution in [0, 0.1) is 11.3 Å². The van der Waals surface area contributed by atoms with E-state index in [-0.39, 0.29) is 23.3 Å². The number of carbonyl (C=O) groups excluding carboxylic acids is 2. The minimum absolute atomic E-state index is 0.164. The zero-order valence-electron chi connectivity index (χ0n) is 19.2. The number of rotatable bonds is 9. The molecule has 0 atom stereocenters.